The number of halogens is 1. The summed E-state index contributed by atoms with van der Waals surface area (Å²) >= 11 is 6.04. The van der Waals surface area contributed by atoms with Crippen LogP contribution in [0, 0.1) is 6.92 Å². The number of aryl methyl sites for hydroxylation is 1. The lowest BCUT2D eigenvalue weighted by Crippen LogP contribution is -2.12. The van der Waals surface area contributed by atoms with E-state index >= 15 is 0 Å². The van der Waals surface area contributed by atoms with Gasteiger partial charge in [0.1, 0.15) is 0 Å². The van der Waals surface area contributed by atoms with Gasteiger partial charge >= 0.3 is 0 Å². The van der Waals surface area contributed by atoms with Crippen LogP contribution in [-0.2, 0) is 10.0 Å². The van der Waals surface area contributed by atoms with Gasteiger partial charge in [0, 0.05) is 10.7 Å². The normalized spacial score (nSPS) is 11.3. The first-order valence-corrected chi connectivity index (χ1v) is 7.65. The fourth-order valence-electron chi connectivity index (χ4n) is 1.65. The molecule has 5 nitrogen and oxygen atoms in total. The summed E-state index contributed by atoms with van der Waals surface area (Å²) in [5.74, 6) is 0. The molecule has 0 spiro atoms. The summed E-state index contributed by atoms with van der Waals surface area (Å²) in [5.41, 5.74) is 8.34. The maximum atomic E-state index is 11.3. The summed E-state index contributed by atoms with van der Waals surface area (Å²) in [6, 6.07) is 9.64. The summed E-state index contributed by atoms with van der Waals surface area (Å²) < 4.78 is 22.7. The third-order valence-electron chi connectivity index (χ3n) is 2.80. The zero-order valence-corrected chi connectivity index (χ0v) is 12.3. The van der Waals surface area contributed by atoms with Gasteiger partial charge in [-0.25, -0.2) is 13.6 Å². The molecule has 0 aliphatic carbocycles. The topological polar surface area (TPSA) is 98.2 Å². The van der Waals surface area contributed by atoms with E-state index in [9.17, 15) is 8.42 Å². The minimum Gasteiger partial charge on any atom is -0.397 e. The van der Waals surface area contributed by atoms with E-state index in [1.165, 1.54) is 18.2 Å². The summed E-state index contributed by atoms with van der Waals surface area (Å²) in [6.07, 6.45) is 0. The maximum Gasteiger partial charge on any atom is 0.238 e. The molecule has 5 N–H and O–H groups in total. The average molecular weight is 312 g/mol. The van der Waals surface area contributed by atoms with Crippen LogP contribution >= 0.6 is 11.6 Å². The van der Waals surface area contributed by atoms with Crippen molar-refractivity contribution >= 4 is 38.7 Å². The third kappa shape index (κ3) is 3.22. The molecule has 0 aliphatic heterocycles. The Balaban J connectivity index is 2.40. The van der Waals surface area contributed by atoms with Crippen LogP contribution in [0.3, 0.4) is 0 Å². The van der Waals surface area contributed by atoms with Gasteiger partial charge in [0.15, 0.2) is 0 Å². The molecule has 0 amide bonds. The molecule has 0 saturated carbocycles. The highest BCUT2D eigenvalue weighted by Crippen LogP contribution is 2.28. The van der Waals surface area contributed by atoms with Crippen LogP contribution in [-0.4, -0.2) is 8.42 Å². The van der Waals surface area contributed by atoms with Gasteiger partial charge in [-0.1, -0.05) is 17.7 Å². The molecule has 0 aliphatic rings. The molecule has 0 saturated heterocycles. The van der Waals surface area contributed by atoms with Crippen molar-refractivity contribution in [3.8, 4) is 0 Å². The molecule has 2 rings (SSSR count). The van der Waals surface area contributed by atoms with Crippen LogP contribution in [0.1, 0.15) is 5.56 Å². The van der Waals surface area contributed by atoms with Crippen molar-refractivity contribution < 1.29 is 8.42 Å². The first-order chi connectivity index (χ1) is 9.27. The van der Waals surface area contributed by atoms with E-state index in [0.717, 1.165) is 5.56 Å². The Hall–Kier alpha value is -1.76. The fourth-order valence-corrected chi connectivity index (χ4v) is 2.37. The number of nitrogen functional groups attached to an aromatic ring is 1. The Bertz CT molecular complexity index is 760. The van der Waals surface area contributed by atoms with Crippen molar-refractivity contribution in [3.05, 3.63) is 47.0 Å². The molecule has 0 aromatic heterocycles. The average Bonchev–Trinajstić information content (AvgIpc) is 2.35. The van der Waals surface area contributed by atoms with E-state index in [4.69, 9.17) is 22.5 Å². The van der Waals surface area contributed by atoms with Crippen LogP contribution in [0.25, 0.3) is 0 Å². The predicted molar refractivity (Wildman–Crippen MR) is 81.7 cm³/mol. The van der Waals surface area contributed by atoms with Crippen molar-refractivity contribution in [3.63, 3.8) is 0 Å². The second kappa shape index (κ2) is 5.32. The van der Waals surface area contributed by atoms with Crippen LogP contribution in [0.4, 0.5) is 17.1 Å². The number of benzene rings is 2. The smallest absolute Gasteiger partial charge is 0.238 e. The van der Waals surface area contributed by atoms with Crippen molar-refractivity contribution in [2.75, 3.05) is 11.1 Å². The van der Waals surface area contributed by atoms with E-state index in [1.54, 1.807) is 6.07 Å². The number of rotatable bonds is 3. The van der Waals surface area contributed by atoms with Gasteiger partial charge in [-0.15, -0.1) is 0 Å². The number of hydrogen-bond donors (Lipinski definition) is 3. The lowest BCUT2D eigenvalue weighted by Gasteiger charge is -2.11. The highest BCUT2D eigenvalue weighted by atomic mass is 35.5. The van der Waals surface area contributed by atoms with Crippen molar-refractivity contribution in [2.24, 2.45) is 5.14 Å². The van der Waals surface area contributed by atoms with Crippen molar-refractivity contribution in [1.82, 2.24) is 0 Å². The molecule has 7 heteroatoms. The molecule has 106 valence electrons. The Morgan fingerprint density at radius 1 is 1.15 bits per heavy atom. The Morgan fingerprint density at radius 2 is 1.85 bits per heavy atom. The first-order valence-electron chi connectivity index (χ1n) is 5.73. The lowest BCUT2D eigenvalue weighted by molar-refractivity contribution is 0.598. The van der Waals surface area contributed by atoms with Crippen LogP contribution in [0.2, 0.25) is 5.02 Å². The summed E-state index contributed by atoms with van der Waals surface area (Å²) in [7, 11) is -3.77. The molecule has 0 radical (unpaired) electrons. The fraction of sp³-hybridized carbons (Fsp3) is 0.0769. The molecule has 2 aromatic rings. The van der Waals surface area contributed by atoms with Gasteiger partial charge in [-0.3, -0.25) is 0 Å². The quantitative estimate of drug-likeness (QED) is 0.759. The standard InChI is InChI=1S/C13H14ClN3O2S/c1-8-2-3-9(6-11(8)14)17-13-7-10(20(16,18)19)4-5-12(13)15/h2-7,17H,15H2,1H3,(H2,16,18,19). The molecule has 2 aromatic carbocycles. The van der Waals surface area contributed by atoms with Gasteiger partial charge in [0.05, 0.1) is 16.3 Å². The number of anilines is 3. The molecule has 0 atom stereocenters. The Kier molecular flexibility index (Phi) is 3.89. The lowest BCUT2D eigenvalue weighted by atomic mass is 10.2. The van der Waals surface area contributed by atoms with E-state index < -0.39 is 10.0 Å². The molecule has 0 bridgehead atoms. The Morgan fingerprint density at radius 3 is 2.45 bits per heavy atom. The Labute approximate surface area is 122 Å². The van der Waals surface area contributed by atoms with E-state index in [1.807, 2.05) is 19.1 Å². The molecule has 0 fully saturated rings. The van der Waals surface area contributed by atoms with Crippen LogP contribution in [0.15, 0.2) is 41.3 Å². The second-order valence-electron chi connectivity index (χ2n) is 4.38. The number of sulfonamides is 1. The zero-order valence-electron chi connectivity index (χ0n) is 10.7. The number of primary sulfonamides is 1. The van der Waals surface area contributed by atoms with Crippen LogP contribution < -0.4 is 16.2 Å². The van der Waals surface area contributed by atoms with Gasteiger partial charge in [0.25, 0.3) is 0 Å². The minimum absolute atomic E-state index is 0.00703. The van der Waals surface area contributed by atoms with Crippen molar-refractivity contribution in [1.29, 1.82) is 0 Å². The minimum atomic E-state index is -3.77. The molecule has 0 unspecified atom stereocenters. The number of nitrogens with two attached hydrogens (primary N) is 2. The highest BCUT2D eigenvalue weighted by molar-refractivity contribution is 7.89. The molecule has 0 heterocycles. The van der Waals surface area contributed by atoms with Gasteiger partial charge in [-0.05, 0) is 42.8 Å². The van der Waals surface area contributed by atoms with E-state index in [-0.39, 0.29) is 4.90 Å². The number of nitrogens with one attached hydrogen (secondary N) is 1. The third-order valence-corrected chi connectivity index (χ3v) is 4.12. The van der Waals surface area contributed by atoms with E-state index in [0.29, 0.717) is 22.1 Å². The van der Waals surface area contributed by atoms with Crippen LogP contribution in [0.5, 0.6) is 0 Å². The predicted octanol–water partition coefficient (Wildman–Crippen LogP) is 2.62. The summed E-state index contributed by atoms with van der Waals surface area (Å²) in [4.78, 5) is -0.00703. The van der Waals surface area contributed by atoms with Gasteiger partial charge < -0.3 is 11.1 Å². The maximum absolute atomic E-state index is 11.3. The van der Waals surface area contributed by atoms with Crippen molar-refractivity contribution in [2.45, 2.75) is 11.8 Å². The molecular formula is C13H14ClN3O2S. The van der Waals surface area contributed by atoms with Gasteiger partial charge in [0.2, 0.25) is 10.0 Å². The first kappa shape index (κ1) is 14.6. The highest BCUT2D eigenvalue weighted by Gasteiger charge is 2.10. The van der Waals surface area contributed by atoms with Gasteiger partial charge in [-0.2, -0.15) is 0 Å². The molecule has 20 heavy (non-hydrogen) atoms. The largest absolute Gasteiger partial charge is 0.397 e. The molecular weight excluding hydrogens is 298 g/mol. The summed E-state index contributed by atoms with van der Waals surface area (Å²) in [6.45, 7) is 1.89. The SMILES string of the molecule is Cc1ccc(Nc2cc(S(N)(=O)=O)ccc2N)cc1Cl. The summed E-state index contributed by atoms with van der Waals surface area (Å²) in [5, 5.41) is 8.73. The zero-order chi connectivity index (χ0) is 14.9. The van der Waals surface area contributed by atoms with E-state index in [2.05, 4.69) is 5.32 Å². The second-order valence-corrected chi connectivity index (χ2v) is 6.35. The monoisotopic (exact) mass is 311 g/mol. The number of hydrogen-bond acceptors (Lipinski definition) is 4.